The van der Waals surface area contributed by atoms with Crippen molar-refractivity contribution >= 4 is 44.0 Å². The third-order valence-electron chi connectivity index (χ3n) is 5.13. The van der Waals surface area contributed by atoms with Gasteiger partial charge in [-0.3, -0.25) is 9.10 Å². The first-order valence-electron chi connectivity index (χ1n) is 10.2. The number of fused-ring (bicyclic) bond motifs is 1. The molecule has 0 unspecified atom stereocenters. The van der Waals surface area contributed by atoms with E-state index in [1.807, 2.05) is 30.3 Å². The lowest BCUT2D eigenvalue weighted by atomic mass is 10.1. The molecule has 0 saturated carbocycles. The third-order valence-corrected chi connectivity index (χ3v) is 7.22. The Hall–Kier alpha value is -3.42. The molecule has 4 rings (SSSR count). The van der Waals surface area contributed by atoms with Crippen molar-refractivity contribution < 1.29 is 17.6 Å². The van der Waals surface area contributed by atoms with E-state index < -0.39 is 15.8 Å². The summed E-state index contributed by atoms with van der Waals surface area (Å²) in [7, 11) is -3.97. The Morgan fingerprint density at radius 2 is 1.55 bits per heavy atom. The summed E-state index contributed by atoms with van der Waals surface area (Å²) in [4.78, 5) is 12.7. The molecule has 0 spiro atoms. The molecule has 0 atom stereocenters. The van der Waals surface area contributed by atoms with Gasteiger partial charge in [0.15, 0.2) is 0 Å². The molecular weight excluding hydrogens is 463 g/mol. The van der Waals surface area contributed by atoms with Gasteiger partial charge in [0.1, 0.15) is 5.82 Å². The number of amides is 1. The van der Waals surface area contributed by atoms with Crippen molar-refractivity contribution in [3.05, 3.63) is 107 Å². The van der Waals surface area contributed by atoms with Crippen LogP contribution in [-0.2, 0) is 10.0 Å². The molecule has 0 heterocycles. The normalized spacial score (nSPS) is 11.3. The molecule has 4 aromatic rings. The Morgan fingerprint density at radius 3 is 2.24 bits per heavy atom. The highest BCUT2D eigenvalue weighted by Gasteiger charge is 2.25. The van der Waals surface area contributed by atoms with Crippen LogP contribution in [0.4, 0.5) is 10.1 Å². The van der Waals surface area contributed by atoms with Crippen LogP contribution in [-0.4, -0.2) is 27.4 Å². The summed E-state index contributed by atoms with van der Waals surface area (Å²) in [5.41, 5.74) is 0.758. The van der Waals surface area contributed by atoms with Crippen LogP contribution >= 0.6 is 11.6 Å². The molecule has 33 heavy (non-hydrogen) atoms. The molecule has 1 amide bonds. The fourth-order valence-corrected chi connectivity index (χ4v) is 5.02. The summed E-state index contributed by atoms with van der Waals surface area (Å²) in [5.74, 6) is -0.795. The first-order chi connectivity index (χ1) is 15.8. The van der Waals surface area contributed by atoms with Crippen LogP contribution < -0.4 is 9.62 Å². The van der Waals surface area contributed by atoms with E-state index in [1.54, 1.807) is 12.1 Å². The predicted octanol–water partition coefficient (Wildman–Crippen LogP) is 5.26. The zero-order valence-corrected chi connectivity index (χ0v) is 19.0. The van der Waals surface area contributed by atoms with Crippen LogP contribution in [0.25, 0.3) is 10.8 Å². The number of halogens is 2. The van der Waals surface area contributed by atoms with E-state index in [2.05, 4.69) is 5.32 Å². The maximum Gasteiger partial charge on any atom is 0.264 e. The van der Waals surface area contributed by atoms with E-state index >= 15 is 0 Å². The molecule has 0 aliphatic rings. The smallest absolute Gasteiger partial charge is 0.264 e. The quantitative estimate of drug-likeness (QED) is 0.391. The zero-order valence-electron chi connectivity index (χ0n) is 17.4. The van der Waals surface area contributed by atoms with E-state index in [0.717, 1.165) is 15.1 Å². The van der Waals surface area contributed by atoms with Crippen molar-refractivity contribution in [2.24, 2.45) is 0 Å². The van der Waals surface area contributed by atoms with Crippen molar-refractivity contribution in [2.75, 3.05) is 17.4 Å². The van der Waals surface area contributed by atoms with Crippen molar-refractivity contribution in [3.8, 4) is 0 Å². The van der Waals surface area contributed by atoms with E-state index in [-0.39, 0.29) is 29.6 Å². The van der Waals surface area contributed by atoms with Crippen molar-refractivity contribution in [1.29, 1.82) is 0 Å². The second-order valence-electron chi connectivity index (χ2n) is 7.33. The minimum absolute atomic E-state index is 0.0390. The van der Waals surface area contributed by atoms with Crippen LogP contribution in [0.1, 0.15) is 10.4 Å². The predicted molar refractivity (Wildman–Crippen MR) is 129 cm³/mol. The van der Waals surface area contributed by atoms with Gasteiger partial charge in [-0.1, -0.05) is 41.9 Å². The van der Waals surface area contributed by atoms with Gasteiger partial charge in [-0.2, -0.15) is 0 Å². The molecule has 0 saturated heterocycles. The molecule has 0 bridgehead atoms. The van der Waals surface area contributed by atoms with Crippen LogP contribution in [0, 0.1) is 5.82 Å². The number of benzene rings is 4. The van der Waals surface area contributed by atoms with Crippen molar-refractivity contribution in [2.45, 2.75) is 4.90 Å². The first kappa shape index (κ1) is 22.8. The van der Waals surface area contributed by atoms with Gasteiger partial charge >= 0.3 is 0 Å². The van der Waals surface area contributed by atoms with Crippen LogP contribution in [0.15, 0.2) is 95.9 Å². The monoisotopic (exact) mass is 482 g/mol. The number of rotatable bonds is 7. The number of nitrogens with one attached hydrogen (secondary N) is 1. The Balaban J connectivity index is 1.54. The Kier molecular flexibility index (Phi) is 6.62. The van der Waals surface area contributed by atoms with Crippen LogP contribution in [0.2, 0.25) is 5.02 Å². The standard InChI is InChI=1S/C25H20ClFN2O3S/c26-21-7-13-24(14-8-21)33(31,32)29(23-11-9-22(27)10-12-23)16-15-28-25(30)20-6-5-18-3-1-2-4-19(18)17-20/h1-14,17H,15-16H2,(H,28,30). The van der Waals surface area contributed by atoms with Gasteiger partial charge in [-0.25, -0.2) is 12.8 Å². The second kappa shape index (κ2) is 9.60. The third kappa shape index (κ3) is 5.16. The average molecular weight is 483 g/mol. The lowest BCUT2D eigenvalue weighted by Gasteiger charge is -2.25. The summed E-state index contributed by atoms with van der Waals surface area (Å²) < 4.78 is 41.2. The second-order valence-corrected chi connectivity index (χ2v) is 9.62. The van der Waals surface area contributed by atoms with Crippen molar-refractivity contribution in [1.82, 2.24) is 5.32 Å². The van der Waals surface area contributed by atoms with Gasteiger partial charge in [0.25, 0.3) is 15.9 Å². The summed E-state index contributed by atoms with van der Waals surface area (Å²) in [6.07, 6.45) is 0. The molecule has 0 radical (unpaired) electrons. The Bertz CT molecular complexity index is 1390. The maximum atomic E-state index is 13.4. The van der Waals surface area contributed by atoms with Crippen LogP contribution in [0.3, 0.4) is 0 Å². The Labute approximate surface area is 196 Å². The van der Waals surface area contributed by atoms with Gasteiger partial charge in [0.05, 0.1) is 17.1 Å². The lowest BCUT2D eigenvalue weighted by molar-refractivity contribution is 0.0955. The van der Waals surface area contributed by atoms with E-state index in [0.29, 0.717) is 10.6 Å². The van der Waals surface area contributed by atoms with Gasteiger partial charge in [0.2, 0.25) is 0 Å². The summed E-state index contributed by atoms with van der Waals surface area (Å²) in [6.45, 7) is 0.00572. The molecule has 1 N–H and O–H groups in total. The largest absolute Gasteiger partial charge is 0.350 e. The highest BCUT2D eigenvalue weighted by Crippen LogP contribution is 2.25. The zero-order chi connectivity index (χ0) is 23.4. The molecule has 0 fully saturated rings. The molecule has 8 heteroatoms. The SMILES string of the molecule is O=C(NCCN(c1ccc(F)cc1)S(=O)(=O)c1ccc(Cl)cc1)c1ccc2ccccc2c1. The summed E-state index contributed by atoms with van der Waals surface area (Å²) >= 11 is 5.89. The number of anilines is 1. The van der Waals surface area contributed by atoms with Gasteiger partial charge < -0.3 is 5.32 Å². The average Bonchev–Trinajstić information content (AvgIpc) is 2.82. The number of hydrogen-bond donors (Lipinski definition) is 1. The van der Waals surface area contributed by atoms with Crippen LogP contribution in [0.5, 0.6) is 0 Å². The summed E-state index contributed by atoms with van der Waals surface area (Å²) in [6, 6.07) is 24.0. The number of carbonyl (C=O) groups is 1. The minimum atomic E-state index is -3.97. The Morgan fingerprint density at radius 1 is 0.879 bits per heavy atom. The number of nitrogens with zero attached hydrogens (tertiary/aromatic N) is 1. The number of hydrogen-bond acceptors (Lipinski definition) is 3. The minimum Gasteiger partial charge on any atom is -0.350 e. The van der Waals surface area contributed by atoms with Crippen molar-refractivity contribution in [3.63, 3.8) is 0 Å². The maximum absolute atomic E-state index is 13.4. The molecule has 168 valence electrons. The lowest BCUT2D eigenvalue weighted by Crippen LogP contribution is -2.38. The molecule has 5 nitrogen and oxygen atoms in total. The topological polar surface area (TPSA) is 66.5 Å². The fourth-order valence-electron chi connectivity index (χ4n) is 3.43. The van der Waals surface area contributed by atoms with Gasteiger partial charge in [-0.15, -0.1) is 0 Å². The van der Waals surface area contributed by atoms with E-state index in [9.17, 15) is 17.6 Å². The highest BCUT2D eigenvalue weighted by molar-refractivity contribution is 7.92. The number of sulfonamides is 1. The molecule has 0 aliphatic carbocycles. The summed E-state index contributed by atoms with van der Waals surface area (Å²) in [5, 5.41) is 5.13. The molecule has 0 aromatic heterocycles. The first-order valence-corrected chi connectivity index (χ1v) is 12.0. The highest BCUT2D eigenvalue weighted by atomic mass is 35.5. The van der Waals surface area contributed by atoms with E-state index in [4.69, 9.17) is 11.6 Å². The van der Waals surface area contributed by atoms with E-state index in [1.165, 1.54) is 48.5 Å². The number of carbonyl (C=O) groups excluding carboxylic acids is 1. The molecule has 0 aliphatic heterocycles. The molecular formula is C25H20ClFN2O3S. The fraction of sp³-hybridized carbons (Fsp3) is 0.0800. The van der Waals surface area contributed by atoms with Gasteiger partial charge in [0, 0.05) is 17.1 Å². The molecule has 4 aromatic carbocycles. The van der Waals surface area contributed by atoms with Gasteiger partial charge in [-0.05, 0) is 71.4 Å².